The van der Waals surface area contributed by atoms with Gasteiger partial charge in [0, 0.05) is 25.2 Å². The van der Waals surface area contributed by atoms with Gasteiger partial charge in [-0.25, -0.2) is 18.2 Å². The van der Waals surface area contributed by atoms with E-state index in [4.69, 9.17) is 0 Å². The molecular formula is C17H22N6O3S. The number of anilines is 2. The fourth-order valence-electron chi connectivity index (χ4n) is 2.78. The summed E-state index contributed by atoms with van der Waals surface area (Å²) in [6, 6.07) is 5.77. The summed E-state index contributed by atoms with van der Waals surface area (Å²) in [5.41, 5.74) is 0.201. The molecule has 1 saturated heterocycles. The zero-order valence-electron chi connectivity index (χ0n) is 14.8. The van der Waals surface area contributed by atoms with Crippen molar-refractivity contribution in [1.82, 2.24) is 19.9 Å². The number of carbonyl (C=O) groups is 1. The fraction of sp³-hybridized carbons (Fsp3) is 0.353. The molecule has 1 aliphatic rings. The van der Waals surface area contributed by atoms with Crippen LogP contribution in [-0.2, 0) is 10.0 Å². The molecule has 2 heterocycles. The van der Waals surface area contributed by atoms with Crippen LogP contribution in [0.25, 0.3) is 0 Å². The minimum Gasteiger partial charge on any atom is -0.340 e. The number of hydrogen-bond acceptors (Lipinski definition) is 6. The van der Waals surface area contributed by atoms with Gasteiger partial charge in [-0.1, -0.05) is 12.1 Å². The van der Waals surface area contributed by atoms with Crippen LogP contribution in [0.1, 0.15) is 29.6 Å². The molecule has 0 unspecified atom stereocenters. The molecule has 27 heavy (non-hydrogen) atoms. The first-order valence-electron chi connectivity index (χ1n) is 8.69. The first-order chi connectivity index (χ1) is 13.0. The molecule has 1 aliphatic heterocycles. The number of carbonyl (C=O) groups excluding carboxylic acids is 1. The van der Waals surface area contributed by atoms with Crippen LogP contribution in [0.2, 0.25) is 0 Å². The molecule has 0 saturated carbocycles. The first kappa shape index (κ1) is 19.1. The summed E-state index contributed by atoms with van der Waals surface area (Å²) < 4.78 is 26.7. The van der Waals surface area contributed by atoms with Gasteiger partial charge in [-0.15, -0.1) is 11.7 Å². The van der Waals surface area contributed by atoms with E-state index in [1.54, 1.807) is 0 Å². The lowest BCUT2D eigenvalue weighted by molar-refractivity contribution is 0.102. The predicted molar refractivity (Wildman–Crippen MR) is 102 cm³/mol. The largest absolute Gasteiger partial charge is 0.340 e. The summed E-state index contributed by atoms with van der Waals surface area (Å²) in [5.74, 6) is 0.297. The summed E-state index contributed by atoms with van der Waals surface area (Å²) in [7, 11) is -3.71. The van der Waals surface area contributed by atoms with E-state index in [9.17, 15) is 13.2 Å². The smallest absolute Gasteiger partial charge is 0.258 e. The standard InChI is InChI=1S/C17H22N6O3S/c1-2-9-18-27(25,26)14-8-6-7-13(12-14)15(24)19-16-20-17(22-21-16)23-10-4-3-5-11-23/h2,6-8,12,18H,1,3-5,9-11H2,(H2,19,20,21,22,24). The van der Waals surface area contributed by atoms with Gasteiger partial charge in [-0.3, -0.25) is 10.1 Å². The third-order valence-electron chi connectivity index (χ3n) is 4.17. The van der Waals surface area contributed by atoms with Crippen molar-refractivity contribution in [3.63, 3.8) is 0 Å². The normalized spacial score (nSPS) is 14.7. The molecule has 0 aliphatic carbocycles. The number of benzene rings is 1. The number of aromatic nitrogens is 3. The van der Waals surface area contributed by atoms with E-state index in [0.29, 0.717) is 5.95 Å². The highest BCUT2D eigenvalue weighted by Gasteiger charge is 2.18. The van der Waals surface area contributed by atoms with Crippen LogP contribution in [0.3, 0.4) is 0 Å². The molecule has 1 amide bonds. The lowest BCUT2D eigenvalue weighted by atomic mass is 10.1. The van der Waals surface area contributed by atoms with Gasteiger partial charge in [0.25, 0.3) is 5.91 Å². The van der Waals surface area contributed by atoms with Gasteiger partial charge in [0.05, 0.1) is 4.90 Å². The molecule has 0 spiro atoms. The highest BCUT2D eigenvalue weighted by atomic mass is 32.2. The number of nitrogens with zero attached hydrogens (tertiary/aromatic N) is 3. The van der Waals surface area contributed by atoms with Crippen LogP contribution in [0, 0.1) is 0 Å². The number of rotatable bonds is 7. The van der Waals surface area contributed by atoms with Gasteiger partial charge >= 0.3 is 0 Å². The Morgan fingerprint density at radius 2 is 2.07 bits per heavy atom. The van der Waals surface area contributed by atoms with Gasteiger partial charge < -0.3 is 4.90 Å². The molecule has 0 atom stereocenters. The van der Waals surface area contributed by atoms with Gasteiger partial charge in [-0.05, 0) is 37.5 Å². The van der Waals surface area contributed by atoms with Gasteiger partial charge in [0.2, 0.25) is 21.9 Å². The molecule has 1 aromatic carbocycles. The molecule has 3 rings (SSSR count). The van der Waals surface area contributed by atoms with Crippen LogP contribution in [0.4, 0.5) is 11.9 Å². The van der Waals surface area contributed by atoms with Crippen LogP contribution in [-0.4, -0.2) is 49.1 Å². The molecule has 2 aromatic rings. The van der Waals surface area contributed by atoms with Crippen molar-refractivity contribution in [3.8, 4) is 0 Å². The Morgan fingerprint density at radius 3 is 2.81 bits per heavy atom. The Kier molecular flexibility index (Phi) is 5.87. The summed E-state index contributed by atoms with van der Waals surface area (Å²) in [4.78, 5) is 18.8. The molecule has 3 N–H and O–H groups in total. The average molecular weight is 390 g/mol. The third-order valence-corrected chi connectivity index (χ3v) is 5.59. The van der Waals surface area contributed by atoms with Crippen molar-refractivity contribution in [2.24, 2.45) is 0 Å². The third kappa shape index (κ3) is 4.72. The molecule has 1 fully saturated rings. The first-order valence-corrected chi connectivity index (χ1v) is 10.2. The van der Waals surface area contributed by atoms with Gasteiger partial charge in [0.15, 0.2) is 0 Å². The maximum Gasteiger partial charge on any atom is 0.258 e. The number of piperidine rings is 1. The number of sulfonamides is 1. The maximum atomic E-state index is 12.4. The summed E-state index contributed by atoms with van der Waals surface area (Å²) >= 11 is 0. The Hall–Kier alpha value is -2.72. The molecule has 0 radical (unpaired) electrons. The molecule has 9 nitrogen and oxygen atoms in total. The van der Waals surface area contributed by atoms with E-state index < -0.39 is 15.9 Å². The van der Waals surface area contributed by atoms with E-state index in [0.717, 1.165) is 25.9 Å². The van der Waals surface area contributed by atoms with Crippen LogP contribution >= 0.6 is 0 Å². The Balaban J connectivity index is 1.70. The second-order valence-corrected chi connectivity index (χ2v) is 7.92. The van der Waals surface area contributed by atoms with Crippen LogP contribution < -0.4 is 14.9 Å². The second kappa shape index (κ2) is 8.31. The van der Waals surface area contributed by atoms with Crippen molar-refractivity contribution >= 4 is 27.8 Å². The zero-order valence-corrected chi connectivity index (χ0v) is 15.6. The predicted octanol–water partition coefficient (Wildman–Crippen LogP) is 1.51. The van der Waals surface area contributed by atoms with Crippen molar-refractivity contribution in [2.75, 3.05) is 29.9 Å². The Bertz CT molecular complexity index is 918. The highest BCUT2D eigenvalue weighted by Crippen LogP contribution is 2.17. The number of H-pyrrole nitrogens is 1. The zero-order chi connectivity index (χ0) is 19.3. The molecule has 144 valence electrons. The number of aromatic amines is 1. The molecule has 10 heteroatoms. The van der Waals surface area contributed by atoms with Crippen molar-refractivity contribution in [1.29, 1.82) is 0 Å². The second-order valence-electron chi connectivity index (χ2n) is 6.15. The van der Waals surface area contributed by atoms with Crippen LogP contribution in [0.15, 0.2) is 41.8 Å². The quantitative estimate of drug-likeness (QED) is 0.617. The summed E-state index contributed by atoms with van der Waals surface area (Å²) in [6.07, 6.45) is 4.83. The lowest BCUT2D eigenvalue weighted by Crippen LogP contribution is -2.30. The topological polar surface area (TPSA) is 120 Å². The van der Waals surface area contributed by atoms with Gasteiger partial charge in [0.1, 0.15) is 0 Å². The highest BCUT2D eigenvalue weighted by molar-refractivity contribution is 7.89. The van der Waals surface area contributed by atoms with Gasteiger partial charge in [-0.2, -0.15) is 4.98 Å². The summed E-state index contributed by atoms with van der Waals surface area (Å²) in [5, 5.41) is 9.45. The van der Waals surface area contributed by atoms with Crippen molar-refractivity contribution in [3.05, 3.63) is 42.5 Å². The van der Waals surface area contributed by atoms with E-state index in [-0.39, 0.29) is 23.0 Å². The Morgan fingerprint density at radius 1 is 1.30 bits per heavy atom. The molecular weight excluding hydrogens is 368 g/mol. The Labute approximate surface area is 157 Å². The minimum atomic E-state index is -3.71. The lowest BCUT2D eigenvalue weighted by Gasteiger charge is -2.24. The van der Waals surface area contributed by atoms with E-state index in [1.807, 2.05) is 0 Å². The number of hydrogen-bond donors (Lipinski definition) is 3. The number of amides is 1. The molecule has 0 bridgehead atoms. The van der Waals surface area contributed by atoms with Crippen molar-refractivity contribution in [2.45, 2.75) is 24.2 Å². The minimum absolute atomic E-state index is 0.00331. The monoisotopic (exact) mass is 390 g/mol. The number of nitrogens with one attached hydrogen (secondary N) is 3. The van der Waals surface area contributed by atoms with E-state index in [1.165, 1.54) is 36.8 Å². The van der Waals surface area contributed by atoms with Crippen molar-refractivity contribution < 1.29 is 13.2 Å². The van der Waals surface area contributed by atoms with E-state index in [2.05, 4.69) is 36.7 Å². The molecule has 1 aromatic heterocycles. The maximum absolute atomic E-state index is 12.4. The van der Waals surface area contributed by atoms with E-state index >= 15 is 0 Å². The SMILES string of the molecule is C=CCNS(=O)(=O)c1cccc(C(=O)Nc2nc(N3CCCCC3)n[nH]2)c1. The average Bonchev–Trinajstić information content (AvgIpc) is 3.16. The van der Waals surface area contributed by atoms with Crippen LogP contribution in [0.5, 0.6) is 0 Å². The fourth-order valence-corrected chi connectivity index (χ4v) is 3.82. The summed E-state index contributed by atoms with van der Waals surface area (Å²) in [6.45, 7) is 5.37.